The Bertz CT molecular complexity index is 327. The van der Waals surface area contributed by atoms with E-state index in [-0.39, 0.29) is 0 Å². The van der Waals surface area contributed by atoms with Gasteiger partial charge < -0.3 is 4.52 Å². The Kier molecular flexibility index (Phi) is 5.50. The minimum absolute atomic E-state index is 0.371. The molecule has 1 aromatic rings. The maximum atomic E-state index is 12.2. The number of hydrogen-bond acceptors (Lipinski definition) is 6. The molecular formula is C8H13N2O2PS2. The molecule has 1 aromatic heterocycles. The lowest BCUT2D eigenvalue weighted by Gasteiger charge is -2.15. The summed E-state index contributed by atoms with van der Waals surface area (Å²) in [4.78, 5) is 7.67. The Hall–Kier alpha value is -0.190. The highest BCUT2D eigenvalue weighted by molar-refractivity contribution is 8.89. The third-order valence-electron chi connectivity index (χ3n) is 1.33. The molecule has 7 heteroatoms. The van der Waals surface area contributed by atoms with Crippen molar-refractivity contribution in [2.45, 2.75) is 13.8 Å². The van der Waals surface area contributed by atoms with Crippen LogP contribution >= 0.6 is 28.5 Å². The standard InChI is InChI=1S/C8H13N2O2PS2/c1-3-14-13(11,15-4-2)12-8-5-6-9-7-10-8/h5-7H,3-4H2,1-2H3. The van der Waals surface area contributed by atoms with E-state index in [9.17, 15) is 4.57 Å². The van der Waals surface area contributed by atoms with Crippen molar-refractivity contribution < 1.29 is 9.09 Å². The van der Waals surface area contributed by atoms with Gasteiger partial charge in [-0.15, -0.1) is 0 Å². The van der Waals surface area contributed by atoms with Gasteiger partial charge in [0.2, 0.25) is 5.88 Å². The molecule has 15 heavy (non-hydrogen) atoms. The van der Waals surface area contributed by atoms with Crippen LogP contribution in [0.3, 0.4) is 0 Å². The molecule has 0 saturated heterocycles. The molecule has 0 aliphatic carbocycles. The largest absolute Gasteiger partial charge is 0.410 e. The lowest BCUT2D eigenvalue weighted by atomic mass is 10.6. The second-order valence-corrected chi connectivity index (χ2v) is 10.3. The molecule has 4 nitrogen and oxygen atoms in total. The Morgan fingerprint density at radius 1 is 1.40 bits per heavy atom. The smallest absolute Gasteiger partial charge is 0.360 e. The van der Waals surface area contributed by atoms with Gasteiger partial charge in [0.25, 0.3) is 0 Å². The van der Waals surface area contributed by atoms with Crippen molar-refractivity contribution in [3.05, 3.63) is 18.6 Å². The average Bonchev–Trinajstić information content (AvgIpc) is 2.19. The summed E-state index contributed by atoms with van der Waals surface area (Å²) in [7, 11) is 0. The number of hydrogen-bond donors (Lipinski definition) is 0. The quantitative estimate of drug-likeness (QED) is 0.733. The van der Waals surface area contributed by atoms with E-state index in [1.165, 1.54) is 29.1 Å². The summed E-state index contributed by atoms with van der Waals surface area (Å²) in [6, 6.07) is 1.61. The molecule has 1 heterocycles. The fraction of sp³-hybridized carbons (Fsp3) is 0.500. The van der Waals surface area contributed by atoms with Crippen LogP contribution in [0.4, 0.5) is 0 Å². The van der Waals surface area contributed by atoms with Crippen LogP contribution in [0, 0.1) is 0 Å². The zero-order chi connectivity index (χ0) is 11.1. The van der Waals surface area contributed by atoms with Crippen molar-refractivity contribution in [1.29, 1.82) is 0 Å². The highest BCUT2D eigenvalue weighted by atomic mass is 33.1. The molecule has 0 aromatic carbocycles. The summed E-state index contributed by atoms with van der Waals surface area (Å²) < 4.78 is 17.6. The van der Waals surface area contributed by atoms with Crippen LogP contribution in [0.2, 0.25) is 0 Å². The normalized spacial score (nSPS) is 11.3. The minimum Gasteiger partial charge on any atom is -0.410 e. The van der Waals surface area contributed by atoms with Crippen molar-refractivity contribution in [1.82, 2.24) is 9.97 Å². The molecule has 0 amide bonds. The monoisotopic (exact) mass is 264 g/mol. The van der Waals surface area contributed by atoms with Crippen LogP contribution < -0.4 is 4.52 Å². The molecule has 0 radical (unpaired) electrons. The van der Waals surface area contributed by atoms with E-state index in [0.717, 1.165) is 11.5 Å². The summed E-state index contributed by atoms with van der Waals surface area (Å²) >= 11 is 2.67. The third kappa shape index (κ3) is 4.45. The topological polar surface area (TPSA) is 52.1 Å². The third-order valence-corrected chi connectivity index (χ3v) is 8.69. The summed E-state index contributed by atoms with van der Waals surface area (Å²) in [6.07, 6.45) is 2.95. The van der Waals surface area contributed by atoms with E-state index < -0.39 is 5.77 Å². The molecule has 84 valence electrons. The number of nitrogens with zero attached hydrogens (tertiary/aromatic N) is 2. The molecule has 0 unspecified atom stereocenters. The summed E-state index contributed by atoms with van der Waals surface area (Å²) in [5.74, 6) is -0.809. The zero-order valence-electron chi connectivity index (χ0n) is 8.62. The van der Waals surface area contributed by atoms with Gasteiger partial charge in [-0.25, -0.2) is 9.97 Å². The van der Waals surface area contributed by atoms with Gasteiger partial charge in [0.05, 0.1) is 0 Å². The maximum absolute atomic E-state index is 12.2. The molecule has 0 aliphatic rings. The van der Waals surface area contributed by atoms with Gasteiger partial charge in [-0.05, 0) is 22.8 Å². The summed E-state index contributed by atoms with van der Waals surface area (Å²) in [5, 5.41) is 0. The first-order valence-corrected chi connectivity index (χ1v) is 9.35. The van der Waals surface area contributed by atoms with E-state index in [1.54, 1.807) is 12.3 Å². The Labute approximate surface area is 97.6 Å². The summed E-state index contributed by atoms with van der Waals surface area (Å²) in [5.41, 5.74) is 0. The van der Waals surface area contributed by atoms with E-state index in [0.29, 0.717) is 5.88 Å². The van der Waals surface area contributed by atoms with Crippen molar-refractivity contribution in [3.8, 4) is 5.88 Å². The first-order valence-electron chi connectivity index (χ1n) is 4.55. The van der Waals surface area contributed by atoms with Crippen LogP contribution in [-0.2, 0) is 4.57 Å². The SMILES string of the molecule is CCSP(=O)(Oc1ccncn1)SCC. The lowest BCUT2D eigenvalue weighted by Crippen LogP contribution is -1.90. The van der Waals surface area contributed by atoms with Gasteiger partial charge in [0, 0.05) is 23.8 Å². The average molecular weight is 264 g/mol. The predicted molar refractivity (Wildman–Crippen MR) is 66.5 cm³/mol. The van der Waals surface area contributed by atoms with Crippen LogP contribution in [-0.4, -0.2) is 21.5 Å². The van der Waals surface area contributed by atoms with Crippen molar-refractivity contribution in [2.24, 2.45) is 0 Å². The van der Waals surface area contributed by atoms with Gasteiger partial charge in [0.1, 0.15) is 6.33 Å². The molecule has 0 bridgehead atoms. The Morgan fingerprint density at radius 2 is 2.07 bits per heavy atom. The zero-order valence-corrected chi connectivity index (χ0v) is 11.1. The fourth-order valence-electron chi connectivity index (χ4n) is 0.853. The van der Waals surface area contributed by atoms with Crippen molar-refractivity contribution in [2.75, 3.05) is 11.5 Å². The summed E-state index contributed by atoms with van der Waals surface area (Å²) in [6.45, 7) is 3.91. The molecule has 0 aliphatic heterocycles. The van der Waals surface area contributed by atoms with Crippen LogP contribution in [0.5, 0.6) is 5.88 Å². The van der Waals surface area contributed by atoms with E-state index in [4.69, 9.17) is 4.52 Å². The van der Waals surface area contributed by atoms with E-state index in [2.05, 4.69) is 9.97 Å². The van der Waals surface area contributed by atoms with Gasteiger partial charge in [-0.1, -0.05) is 13.8 Å². The van der Waals surface area contributed by atoms with E-state index in [1.807, 2.05) is 13.8 Å². The maximum Gasteiger partial charge on any atom is 0.360 e. The van der Waals surface area contributed by atoms with Gasteiger partial charge in [-0.2, -0.15) is 0 Å². The lowest BCUT2D eigenvalue weighted by molar-refractivity contribution is 0.504. The molecule has 0 N–H and O–H groups in total. The highest BCUT2D eigenvalue weighted by Crippen LogP contribution is 2.68. The molecule has 1 rings (SSSR count). The first-order chi connectivity index (χ1) is 7.20. The van der Waals surface area contributed by atoms with Crippen LogP contribution in [0.15, 0.2) is 18.6 Å². The number of aromatic nitrogens is 2. The molecule has 0 atom stereocenters. The van der Waals surface area contributed by atoms with Crippen LogP contribution in [0.1, 0.15) is 13.8 Å². The molecule has 0 fully saturated rings. The molecular weight excluding hydrogens is 251 g/mol. The Morgan fingerprint density at radius 3 is 2.53 bits per heavy atom. The van der Waals surface area contributed by atoms with Gasteiger partial charge in [0.15, 0.2) is 0 Å². The molecule has 0 saturated carbocycles. The fourth-order valence-corrected chi connectivity index (χ4v) is 7.47. The second kappa shape index (κ2) is 6.40. The highest BCUT2D eigenvalue weighted by Gasteiger charge is 2.25. The first kappa shape index (κ1) is 12.9. The van der Waals surface area contributed by atoms with E-state index >= 15 is 0 Å². The van der Waals surface area contributed by atoms with Gasteiger partial charge in [-0.3, -0.25) is 4.57 Å². The van der Waals surface area contributed by atoms with Crippen molar-refractivity contribution >= 4 is 28.5 Å². The molecule has 0 spiro atoms. The minimum atomic E-state index is -2.70. The predicted octanol–water partition coefficient (Wildman–Crippen LogP) is 3.47. The Balaban J connectivity index is 2.71. The number of rotatable bonds is 6. The second-order valence-electron chi connectivity index (χ2n) is 2.42. The van der Waals surface area contributed by atoms with Crippen LogP contribution in [0.25, 0.3) is 0 Å². The van der Waals surface area contributed by atoms with Gasteiger partial charge >= 0.3 is 5.77 Å². The van der Waals surface area contributed by atoms with Crippen molar-refractivity contribution in [3.63, 3.8) is 0 Å².